The second-order valence-corrected chi connectivity index (χ2v) is 7.76. The molecule has 0 aliphatic rings. The third-order valence-corrected chi connectivity index (χ3v) is 4.30. The van der Waals surface area contributed by atoms with Crippen molar-refractivity contribution in [3.8, 4) is 0 Å². The molecule has 0 radical (unpaired) electrons. The Kier molecular flexibility index (Phi) is 3.92. The van der Waals surface area contributed by atoms with Gasteiger partial charge in [-0.1, -0.05) is 12.1 Å². The van der Waals surface area contributed by atoms with Crippen LogP contribution in [0.4, 0.5) is 11.4 Å². The number of benzene rings is 1. The van der Waals surface area contributed by atoms with E-state index in [0.29, 0.717) is 5.82 Å². The van der Waals surface area contributed by atoms with Gasteiger partial charge in [0.15, 0.2) is 5.03 Å². The number of anilines is 2. The number of nitrogens with one attached hydrogen (secondary N) is 3. The molecule has 0 aliphatic heterocycles. The molecule has 0 saturated heterocycles. The molecule has 0 fully saturated rings. The van der Waals surface area contributed by atoms with Crippen LogP contribution >= 0.6 is 0 Å². The van der Waals surface area contributed by atoms with Crippen molar-refractivity contribution in [1.29, 1.82) is 0 Å². The summed E-state index contributed by atoms with van der Waals surface area (Å²) in [4.78, 5) is 6.42. The highest BCUT2D eigenvalue weighted by molar-refractivity contribution is 7.93. The van der Waals surface area contributed by atoms with Gasteiger partial charge in [-0.3, -0.25) is 9.44 Å². The fourth-order valence-corrected chi connectivity index (χ4v) is 3.22. The van der Waals surface area contributed by atoms with Crippen LogP contribution in [-0.4, -0.2) is 33.1 Å². The van der Waals surface area contributed by atoms with E-state index in [-0.39, 0.29) is 16.4 Å². The Labute approximate surface area is 122 Å². The molecule has 0 atom stereocenters. The maximum Gasteiger partial charge on any atom is 0.279 e. The van der Waals surface area contributed by atoms with Gasteiger partial charge in [0.25, 0.3) is 10.0 Å². The topological polar surface area (TPSA) is 121 Å². The minimum atomic E-state index is -3.87. The molecule has 2 aromatic rings. The average Bonchev–Trinajstić information content (AvgIpc) is 2.77. The second-order valence-electron chi connectivity index (χ2n) is 4.36. The summed E-state index contributed by atoms with van der Waals surface area (Å²) in [5.41, 5.74) is 0.259. The number of nitrogens with zero attached hydrogens (tertiary/aromatic N) is 1. The van der Waals surface area contributed by atoms with Gasteiger partial charge in [0, 0.05) is 0 Å². The van der Waals surface area contributed by atoms with Crippen molar-refractivity contribution in [3.05, 3.63) is 36.3 Å². The number of hydrogen-bond donors (Lipinski definition) is 3. The number of aromatic nitrogens is 2. The van der Waals surface area contributed by atoms with Gasteiger partial charge in [-0.15, -0.1) is 0 Å². The number of imidazole rings is 1. The van der Waals surface area contributed by atoms with Crippen LogP contribution in [0.1, 0.15) is 5.82 Å². The molecule has 0 bridgehead atoms. The lowest BCUT2D eigenvalue weighted by Gasteiger charge is -2.12. The van der Waals surface area contributed by atoms with Crippen LogP contribution in [-0.2, 0) is 20.0 Å². The highest BCUT2D eigenvalue weighted by Crippen LogP contribution is 2.24. The first-order valence-electron chi connectivity index (χ1n) is 5.79. The molecular formula is C11H14N4O4S2. The van der Waals surface area contributed by atoms with E-state index in [1.54, 1.807) is 19.1 Å². The van der Waals surface area contributed by atoms with Crippen LogP contribution in [0.2, 0.25) is 0 Å². The molecule has 0 aliphatic carbocycles. The van der Waals surface area contributed by atoms with Gasteiger partial charge in [-0.05, 0) is 19.1 Å². The minimum absolute atomic E-state index is 0.103. The summed E-state index contributed by atoms with van der Waals surface area (Å²) in [6.45, 7) is 1.62. The SMILES string of the molecule is Cc1ncc(S(=O)(=O)Nc2ccccc2NS(C)(=O)=O)[nH]1. The Hall–Kier alpha value is -2.07. The summed E-state index contributed by atoms with van der Waals surface area (Å²) >= 11 is 0. The quantitative estimate of drug-likeness (QED) is 0.752. The van der Waals surface area contributed by atoms with Crippen LogP contribution in [0, 0.1) is 6.92 Å². The normalized spacial score (nSPS) is 12.1. The minimum Gasteiger partial charge on any atom is -0.332 e. The van der Waals surface area contributed by atoms with Crippen LogP contribution in [0.3, 0.4) is 0 Å². The average molecular weight is 330 g/mol. The van der Waals surface area contributed by atoms with Crippen LogP contribution < -0.4 is 9.44 Å². The molecule has 1 aromatic heterocycles. The molecule has 0 unspecified atom stereocenters. The molecular weight excluding hydrogens is 316 g/mol. The zero-order chi connectivity index (χ0) is 15.7. The molecule has 10 heteroatoms. The predicted molar refractivity (Wildman–Crippen MR) is 79.0 cm³/mol. The van der Waals surface area contributed by atoms with Gasteiger partial charge in [0.2, 0.25) is 10.0 Å². The first-order chi connectivity index (χ1) is 9.67. The van der Waals surface area contributed by atoms with Crippen molar-refractivity contribution >= 4 is 31.4 Å². The van der Waals surface area contributed by atoms with Crippen molar-refractivity contribution in [1.82, 2.24) is 9.97 Å². The fourth-order valence-electron chi connectivity index (χ4n) is 1.60. The Balaban J connectivity index is 2.36. The van der Waals surface area contributed by atoms with Crippen LogP contribution in [0.15, 0.2) is 35.5 Å². The number of aryl methyl sites for hydroxylation is 1. The van der Waals surface area contributed by atoms with E-state index in [9.17, 15) is 16.8 Å². The number of hydrogen-bond acceptors (Lipinski definition) is 5. The van der Waals surface area contributed by atoms with Gasteiger partial charge < -0.3 is 4.98 Å². The van der Waals surface area contributed by atoms with E-state index in [1.807, 2.05) is 0 Å². The predicted octanol–water partition coefficient (Wildman–Crippen LogP) is 0.890. The maximum atomic E-state index is 12.2. The second kappa shape index (κ2) is 5.37. The molecule has 2 rings (SSSR count). The summed E-state index contributed by atoms with van der Waals surface area (Å²) in [5.74, 6) is 0.456. The van der Waals surface area contributed by atoms with E-state index in [2.05, 4.69) is 19.4 Å². The van der Waals surface area contributed by atoms with Gasteiger partial charge in [0.05, 0.1) is 23.8 Å². The molecule has 0 saturated carbocycles. The number of H-pyrrole nitrogens is 1. The van der Waals surface area contributed by atoms with Gasteiger partial charge in [-0.25, -0.2) is 13.4 Å². The smallest absolute Gasteiger partial charge is 0.279 e. The van der Waals surface area contributed by atoms with Gasteiger partial charge in [-0.2, -0.15) is 8.42 Å². The molecule has 0 spiro atoms. The first-order valence-corrected chi connectivity index (χ1v) is 9.16. The number of sulfonamides is 2. The van der Waals surface area contributed by atoms with E-state index in [1.165, 1.54) is 18.3 Å². The van der Waals surface area contributed by atoms with Crippen molar-refractivity contribution in [2.45, 2.75) is 11.9 Å². The molecule has 0 amide bonds. The maximum absolute atomic E-state index is 12.2. The fraction of sp³-hybridized carbons (Fsp3) is 0.182. The third-order valence-electron chi connectivity index (χ3n) is 2.44. The zero-order valence-electron chi connectivity index (χ0n) is 11.3. The third kappa shape index (κ3) is 3.95. The summed E-state index contributed by atoms with van der Waals surface area (Å²) in [6, 6.07) is 6.08. The zero-order valence-corrected chi connectivity index (χ0v) is 12.9. The van der Waals surface area contributed by atoms with E-state index in [4.69, 9.17) is 0 Å². The Morgan fingerprint density at radius 2 is 1.62 bits per heavy atom. The molecule has 1 aromatic carbocycles. The number of para-hydroxylation sites is 2. The van der Waals surface area contributed by atoms with Crippen molar-refractivity contribution < 1.29 is 16.8 Å². The van der Waals surface area contributed by atoms with Crippen molar-refractivity contribution in [2.24, 2.45) is 0 Å². The van der Waals surface area contributed by atoms with Crippen molar-refractivity contribution in [2.75, 3.05) is 15.7 Å². The summed E-state index contributed by atoms with van der Waals surface area (Å²) < 4.78 is 51.5. The summed E-state index contributed by atoms with van der Waals surface area (Å²) in [7, 11) is -7.39. The lowest BCUT2D eigenvalue weighted by molar-refractivity contribution is 0.597. The van der Waals surface area contributed by atoms with Crippen LogP contribution in [0.5, 0.6) is 0 Å². The van der Waals surface area contributed by atoms with Crippen LogP contribution in [0.25, 0.3) is 0 Å². The molecule has 3 N–H and O–H groups in total. The Bertz CT molecular complexity index is 856. The van der Waals surface area contributed by atoms with E-state index in [0.717, 1.165) is 6.26 Å². The lowest BCUT2D eigenvalue weighted by Crippen LogP contribution is -2.16. The highest BCUT2D eigenvalue weighted by Gasteiger charge is 2.18. The highest BCUT2D eigenvalue weighted by atomic mass is 32.2. The van der Waals surface area contributed by atoms with E-state index >= 15 is 0 Å². The lowest BCUT2D eigenvalue weighted by atomic mass is 10.3. The van der Waals surface area contributed by atoms with Gasteiger partial charge >= 0.3 is 0 Å². The van der Waals surface area contributed by atoms with Gasteiger partial charge in [0.1, 0.15) is 5.82 Å². The summed E-state index contributed by atoms with van der Waals surface area (Å²) in [5, 5.41) is -0.103. The summed E-state index contributed by atoms with van der Waals surface area (Å²) in [6.07, 6.45) is 2.17. The molecule has 114 valence electrons. The molecule has 8 nitrogen and oxygen atoms in total. The molecule has 1 heterocycles. The number of aromatic amines is 1. The Morgan fingerprint density at radius 1 is 1.05 bits per heavy atom. The number of rotatable bonds is 5. The standard InChI is InChI=1S/C11H14N4O4S2/c1-8-12-7-11(13-8)21(18,19)15-10-6-4-3-5-9(10)14-20(2,16)17/h3-7,14-15H,1-2H3,(H,12,13). The Morgan fingerprint density at radius 3 is 2.10 bits per heavy atom. The first kappa shape index (κ1) is 15.3. The van der Waals surface area contributed by atoms with Crippen molar-refractivity contribution in [3.63, 3.8) is 0 Å². The van der Waals surface area contributed by atoms with E-state index < -0.39 is 20.0 Å². The molecule has 21 heavy (non-hydrogen) atoms. The monoisotopic (exact) mass is 330 g/mol. The largest absolute Gasteiger partial charge is 0.332 e.